The quantitative estimate of drug-likeness (QED) is 0.860. The second-order valence-corrected chi connectivity index (χ2v) is 5.28. The number of methoxy groups -OCH3 is 1. The molecule has 2 aromatic rings. The molecule has 0 fully saturated rings. The summed E-state index contributed by atoms with van der Waals surface area (Å²) < 4.78 is 5.14. The normalized spacial score (nSPS) is 11.8. The molecule has 116 valence electrons. The topological polar surface area (TPSA) is 58.6 Å². The van der Waals surface area contributed by atoms with Gasteiger partial charge in [-0.1, -0.05) is 48.0 Å². The van der Waals surface area contributed by atoms with E-state index < -0.39 is 6.10 Å². The molecule has 1 atom stereocenters. The van der Waals surface area contributed by atoms with Crippen LogP contribution in [0.15, 0.2) is 48.5 Å². The molecule has 0 aliphatic rings. The average molecular weight is 320 g/mol. The molecule has 4 nitrogen and oxygen atoms in total. The highest BCUT2D eigenvalue weighted by Gasteiger charge is 2.17. The molecule has 5 heteroatoms. The van der Waals surface area contributed by atoms with Gasteiger partial charge in [0, 0.05) is 13.0 Å². The van der Waals surface area contributed by atoms with Crippen molar-refractivity contribution in [2.24, 2.45) is 0 Å². The Morgan fingerprint density at radius 2 is 1.95 bits per heavy atom. The van der Waals surface area contributed by atoms with Crippen molar-refractivity contribution >= 4 is 17.5 Å². The van der Waals surface area contributed by atoms with E-state index >= 15 is 0 Å². The minimum atomic E-state index is -0.667. The third-order valence-corrected chi connectivity index (χ3v) is 3.55. The van der Waals surface area contributed by atoms with E-state index in [2.05, 4.69) is 5.32 Å². The summed E-state index contributed by atoms with van der Waals surface area (Å²) in [5.74, 6) is 0.0390. The first kappa shape index (κ1) is 16.3. The van der Waals surface area contributed by atoms with Crippen molar-refractivity contribution in [3.05, 3.63) is 64.7 Å². The fourth-order valence-corrected chi connectivity index (χ4v) is 2.40. The van der Waals surface area contributed by atoms with Gasteiger partial charge in [-0.05, 0) is 17.7 Å². The van der Waals surface area contributed by atoms with E-state index in [1.165, 1.54) is 7.11 Å². The predicted molar refractivity (Wildman–Crippen MR) is 86.5 cm³/mol. The van der Waals surface area contributed by atoms with Crippen LogP contribution in [-0.4, -0.2) is 30.8 Å². The van der Waals surface area contributed by atoms with Crippen LogP contribution in [0, 0.1) is 0 Å². The molecular weight excluding hydrogens is 302 g/mol. The summed E-state index contributed by atoms with van der Waals surface area (Å²) in [5, 5.41) is 13.0. The van der Waals surface area contributed by atoms with E-state index in [1.807, 2.05) is 30.3 Å². The summed E-state index contributed by atoms with van der Waals surface area (Å²) in [6.07, 6.45) is -0.194. The van der Waals surface area contributed by atoms with Gasteiger partial charge in [0.1, 0.15) is 5.75 Å². The Hall–Kier alpha value is -2.04. The first-order chi connectivity index (χ1) is 10.6. The lowest BCUT2D eigenvalue weighted by molar-refractivity contribution is 0.0913. The molecule has 2 aromatic carbocycles. The van der Waals surface area contributed by atoms with E-state index in [0.29, 0.717) is 17.2 Å². The smallest absolute Gasteiger partial charge is 0.256 e. The van der Waals surface area contributed by atoms with Crippen molar-refractivity contribution < 1.29 is 14.6 Å². The van der Waals surface area contributed by atoms with E-state index in [1.54, 1.807) is 18.2 Å². The first-order valence-electron chi connectivity index (χ1n) is 6.94. The maximum atomic E-state index is 12.2. The second-order valence-electron chi connectivity index (χ2n) is 4.87. The maximum absolute atomic E-state index is 12.2. The van der Waals surface area contributed by atoms with E-state index in [9.17, 15) is 9.90 Å². The fourth-order valence-electron chi connectivity index (χ4n) is 2.15. The fraction of sp³-hybridized carbons (Fsp3) is 0.235. The monoisotopic (exact) mass is 319 g/mol. The number of aliphatic hydroxyl groups excluding tert-OH is 1. The zero-order valence-electron chi connectivity index (χ0n) is 12.3. The van der Waals surface area contributed by atoms with Crippen molar-refractivity contribution in [2.45, 2.75) is 12.5 Å². The van der Waals surface area contributed by atoms with Crippen molar-refractivity contribution in [1.82, 2.24) is 5.32 Å². The van der Waals surface area contributed by atoms with Crippen LogP contribution in [0.25, 0.3) is 0 Å². The van der Waals surface area contributed by atoms with Gasteiger partial charge < -0.3 is 15.2 Å². The minimum Gasteiger partial charge on any atom is -0.496 e. The van der Waals surface area contributed by atoms with Crippen molar-refractivity contribution in [3.63, 3.8) is 0 Å². The van der Waals surface area contributed by atoms with Crippen LogP contribution in [0.4, 0.5) is 0 Å². The molecular formula is C17H18ClNO3. The molecule has 0 aliphatic carbocycles. The summed E-state index contributed by atoms with van der Waals surface area (Å²) in [6, 6.07) is 14.6. The van der Waals surface area contributed by atoms with Gasteiger partial charge in [0.15, 0.2) is 0 Å². The zero-order chi connectivity index (χ0) is 15.9. The number of nitrogens with one attached hydrogen (secondary N) is 1. The molecule has 1 amide bonds. The first-order valence-corrected chi connectivity index (χ1v) is 7.32. The largest absolute Gasteiger partial charge is 0.496 e. The van der Waals surface area contributed by atoms with Crippen LogP contribution >= 0.6 is 11.6 Å². The Morgan fingerprint density at radius 3 is 2.64 bits per heavy atom. The highest BCUT2D eigenvalue weighted by Crippen LogP contribution is 2.25. The van der Waals surface area contributed by atoms with Crippen molar-refractivity contribution in [1.29, 1.82) is 0 Å². The van der Waals surface area contributed by atoms with Gasteiger partial charge in [0.2, 0.25) is 0 Å². The van der Waals surface area contributed by atoms with E-state index in [0.717, 1.165) is 5.56 Å². The number of amides is 1. The average Bonchev–Trinajstić information content (AvgIpc) is 2.53. The number of ether oxygens (including phenoxy) is 1. The third-order valence-electron chi connectivity index (χ3n) is 3.23. The molecule has 0 heterocycles. The third kappa shape index (κ3) is 4.23. The highest BCUT2D eigenvalue weighted by molar-refractivity contribution is 6.34. The summed E-state index contributed by atoms with van der Waals surface area (Å²) in [4.78, 5) is 12.2. The van der Waals surface area contributed by atoms with Gasteiger partial charge >= 0.3 is 0 Å². The van der Waals surface area contributed by atoms with Gasteiger partial charge in [-0.2, -0.15) is 0 Å². The van der Waals surface area contributed by atoms with Crippen LogP contribution in [0.2, 0.25) is 5.02 Å². The molecule has 0 aromatic heterocycles. The number of hydrogen-bond acceptors (Lipinski definition) is 3. The SMILES string of the molecule is COc1cccc(Cl)c1C(=O)NC[C@@H](O)Cc1ccccc1. The molecule has 2 rings (SSSR count). The summed E-state index contributed by atoms with van der Waals surface area (Å²) in [5.41, 5.74) is 1.29. The number of rotatable bonds is 6. The Labute approximate surface area is 134 Å². The van der Waals surface area contributed by atoms with Crippen molar-refractivity contribution in [2.75, 3.05) is 13.7 Å². The Balaban J connectivity index is 1.95. The number of carbonyl (C=O) groups is 1. The van der Waals surface area contributed by atoms with Gasteiger partial charge in [0.05, 0.1) is 23.8 Å². The van der Waals surface area contributed by atoms with Crippen LogP contribution in [-0.2, 0) is 6.42 Å². The zero-order valence-corrected chi connectivity index (χ0v) is 13.0. The number of carbonyl (C=O) groups excluding carboxylic acids is 1. The lowest BCUT2D eigenvalue weighted by Gasteiger charge is -2.14. The van der Waals surface area contributed by atoms with Crippen LogP contribution in [0.3, 0.4) is 0 Å². The predicted octanol–water partition coefficient (Wildman–Crippen LogP) is 2.68. The minimum absolute atomic E-state index is 0.141. The molecule has 22 heavy (non-hydrogen) atoms. The number of hydrogen-bond donors (Lipinski definition) is 2. The molecule has 2 N–H and O–H groups in total. The molecule has 0 aliphatic heterocycles. The second kappa shape index (κ2) is 7.82. The summed E-state index contributed by atoms with van der Waals surface area (Å²) >= 11 is 6.04. The van der Waals surface area contributed by atoms with Crippen molar-refractivity contribution in [3.8, 4) is 5.75 Å². The lowest BCUT2D eigenvalue weighted by atomic mass is 10.1. The Morgan fingerprint density at radius 1 is 1.23 bits per heavy atom. The van der Waals surface area contributed by atoms with Gasteiger partial charge in [0.25, 0.3) is 5.91 Å². The van der Waals surface area contributed by atoms with Gasteiger partial charge in [-0.3, -0.25) is 4.79 Å². The van der Waals surface area contributed by atoms with Gasteiger partial charge in [-0.15, -0.1) is 0 Å². The van der Waals surface area contributed by atoms with Crippen LogP contribution in [0.1, 0.15) is 15.9 Å². The Kier molecular flexibility index (Phi) is 5.81. The van der Waals surface area contributed by atoms with Crippen LogP contribution in [0.5, 0.6) is 5.75 Å². The summed E-state index contributed by atoms with van der Waals surface area (Å²) in [7, 11) is 1.48. The molecule has 0 spiro atoms. The molecule has 0 saturated heterocycles. The van der Waals surface area contributed by atoms with E-state index in [-0.39, 0.29) is 18.0 Å². The maximum Gasteiger partial charge on any atom is 0.256 e. The molecule has 0 bridgehead atoms. The molecule has 0 unspecified atom stereocenters. The number of aliphatic hydroxyl groups is 1. The van der Waals surface area contributed by atoms with E-state index in [4.69, 9.17) is 16.3 Å². The van der Waals surface area contributed by atoms with Gasteiger partial charge in [-0.25, -0.2) is 0 Å². The number of halogens is 1. The molecule has 0 radical (unpaired) electrons. The number of benzene rings is 2. The summed E-state index contributed by atoms with van der Waals surface area (Å²) in [6.45, 7) is 0.141. The lowest BCUT2D eigenvalue weighted by Crippen LogP contribution is -2.33. The van der Waals surface area contributed by atoms with Crippen LogP contribution < -0.4 is 10.1 Å². The standard InChI is InChI=1S/C17H18ClNO3/c1-22-15-9-5-8-14(18)16(15)17(21)19-11-13(20)10-12-6-3-2-4-7-12/h2-9,13,20H,10-11H2,1H3,(H,19,21)/t13-/m0/s1. The molecule has 0 saturated carbocycles. The Bertz CT molecular complexity index is 631. The highest BCUT2D eigenvalue weighted by atomic mass is 35.5.